The minimum absolute atomic E-state index is 0.0380. The van der Waals surface area contributed by atoms with Crippen LogP contribution in [-0.4, -0.2) is 13.0 Å². The summed E-state index contributed by atoms with van der Waals surface area (Å²) in [5, 5.41) is 12.2. The number of methoxy groups -OCH3 is 1. The molecule has 0 heterocycles. The molecule has 4 nitrogen and oxygen atoms in total. The molecule has 0 saturated heterocycles. The van der Waals surface area contributed by atoms with Gasteiger partial charge in [0.15, 0.2) is 0 Å². The van der Waals surface area contributed by atoms with Gasteiger partial charge in [-0.25, -0.2) is 4.39 Å². The molecule has 2 aromatic carbocycles. The number of hydrogen-bond acceptors (Lipinski definition) is 3. The van der Waals surface area contributed by atoms with Crippen molar-refractivity contribution in [2.45, 2.75) is 0 Å². The predicted molar refractivity (Wildman–Crippen MR) is 91.6 cm³/mol. The fraction of sp³-hybridized carbons (Fsp3) is 0.0588. The van der Waals surface area contributed by atoms with Gasteiger partial charge >= 0.3 is 0 Å². The summed E-state index contributed by atoms with van der Waals surface area (Å²) in [5.74, 6) is -1.00. The third-order valence-corrected chi connectivity index (χ3v) is 3.63. The number of rotatable bonds is 4. The Morgan fingerprint density at radius 3 is 2.71 bits per heavy atom. The number of amides is 1. The standard InChI is InChI=1S/C17H11Cl2FN2O2/c1-24-16-6-5-11(18)8-15(16)22-17(23)10(9-21)7-12-13(19)3-2-4-14(12)20/h2-8H,1H3,(H,22,23)/b10-7+. The van der Waals surface area contributed by atoms with Crippen molar-refractivity contribution in [3.63, 3.8) is 0 Å². The zero-order valence-electron chi connectivity index (χ0n) is 12.4. The smallest absolute Gasteiger partial charge is 0.266 e. The molecule has 0 aliphatic heterocycles. The van der Waals surface area contributed by atoms with Gasteiger partial charge in [-0.3, -0.25) is 4.79 Å². The lowest BCUT2D eigenvalue weighted by molar-refractivity contribution is -0.112. The molecule has 7 heteroatoms. The van der Waals surface area contributed by atoms with E-state index in [1.807, 2.05) is 0 Å². The highest BCUT2D eigenvalue weighted by atomic mass is 35.5. The Morgan fingerprint density at radius 1 is 1.33 bits per heavy atom. The summed E-state index contributed by atoms with van der Waals surface area (Å²) in [7, 11) is 1.43. The summed E-state index contributed by atoms with van der Waals surface area (Å²) in [5.41, 5.74) is -0.0660. The second kappa shape index (κ2) is 7.82. The van der Waals surface area contributed by atoms with E-state index in [4.69, 9.17) is 27.9 Å². The second-order valence-corrected chi connectivity index (χ2v) is 5.45. The molecular weight excluding hydrogens is 354 g/mol. The Hall–Kier alpha value is -2.55. The lowest BCUT2D eigenvalue weighted by atomic mass is 10.1. The molecule has 0 aromatic heterocycles. The summed E-state index contributed by atoms with van der Waals surface area (Å²) < 4.78 is 18.9. The highest BCUT2D eigenvalue weighted by molar-refractivity contribution is 6.32. The van der Waals surface area contributed by atoms with Gasteiger partial charge in [-0.05, 0) is 36.4 Å². The van der Waals surface area contributed by atoms with E-state index in [0.29, 0.717) is 10.8 Å². The van der Waals surface area contributed by atoms with E-state index >= 15 is 0 Å². The highest BCUT2D eigenvalue weighted by Gasteiger charge is 2.15. The molecule has 2 rings (SSSR count). The highest BCUT2D eigenvalue weighted by Crippen LogP contribution is 2.28. The van der Waals surface area contributed by atoms with Crippen molar-refractivity contribution in [2.75, 3.05) is 12.4 Å². The molecule has 2 aromatic rings. The van der Waals surface area contributed by atoms with Gasteiger partial charge in [-0.2, -0.15) is 5.26 Å². The van der Waals surface area contributed by atoms with E-state index in [2.05, 4.69) is 5.32 Å². The van der Waals surface area contributed by atoms with E-state index in [0.717, 1.165) is 6.08 Å². The minimum Gasteiger partial charge on any atom is -0.495 e. The molecule has 122 valence electrons. The third-order valence-electron chi connectivity index (χ3n) is 3.06. The molecule has 0 bridgehead atoms. The van der Waals surface area contributed by atoms with Gasteiger partial charge < -0.3 is 10.1 Å². The second-order valence-electron chi connectivity index (χ2n) is 4.60. The molecular formula is C17H11Cl2FN2O2. The molecule has 0 saturated carbocycles. The molecule has 0 fully saturated rings. The Labute approximate surface area is 148 Å². The third kappa shape index (κ3) is 4.05. The quantitative estimate of drug-likeness (QED) is 0.632. The Kier molecular flexibility index (Phi) is 5.80. The lowest BCUT2D eigenvalue weighted by Gasteiger charge is -2.10. The Bertz CT molecular complexity index is 840. The van der Waals surface area contributed by atoms with Crippen molar-refractivity contribution >= 4 is 40.9 Å². The number of carbonyl (C=O) groups is 1. The van der Waals surface area contributed by atoms with Gasteiger partial charge in [-0.15, -0.1) is 0 Å². The molecule has 1 amide bonds. The summed E-state index contributed by atoms with van der Waals surface area (Å²) in [4.78, 5) is 12.3. The van der Waals surface area contributed by atoms with Gasteiger partial charge in [0.1, 0.15) is 23.2 Å². The summed E-state index contributed by atoms with van der Waals surface area (Å²) in [6.45, 7) is 0. The van der Waals surface area contributed by atoms with Crippen LogP contribution in [0.4, 0.5) is 10.1 Å². The summed E-state index contributed by atoms with van der Waals surface area (Å²) >= 11 is 11.8. The first-order valence-corrected chi connectivity index (χ1v) is 7.42. The van der Waals surface area contributed by atoms with Crippen molar-refractivity contribution in [3.05, 3.63) is 63.4 Å². The summed E-state index contributed by atoms with van der Waals surface area (Å²) in [6, 6.07) is 10.4. The van der Waals surface area contributed by atoms with Gasteiger partial charge in [0, 0.05) is 10.6 Å². The average molecular weight is 365 g/mol. The van der Waals surface area contributed by atoms with E-state index in [1.54, 1.807) is 18.2 Å². The Morgan fingerprint density at radius 2 is 2.08 bits per heavy atom. The SMILES string of the molecule is COc1ccc(Cl)cc1NC(=O)/C(C#N)=C/c1c(F)cccc1Cl. The predicted octanol–water partition coefficient (Wildman–Crippen LogP) is 4.69. The van der Waals surface area contributed by atoms with Gasteiger partial charge in [-0.1, -0.05) is 29.3 Å². The molecule has 24 heavy (non-hydrogen) atoms. The first-order valence-electron chi connectivity index (χ1n) is 6.67. The van der Waals surface area contributed by atoms with Gasteiger partial charge in [0.05, 0.1) is 17.8 Å². The maximum Gasteiger partial charge on any atom is 0.266 e. The van der Waals surface area contributed by atoms with Crippen LogP contribution in [0, 0.1) is 17.1 Å². The van der Waals surface area contributed by atoms with Crippen LogP contribution in [0.2, 0.25) is 10.0 Å². The first-order chi connectivity index (χ1) is 11.5. The fourth-order valence-corrected chi connectivity index (χ4v) is 2.30. The number of hydrogen-bond donors (Lipinski definition) is 1. The number of nitriles is 1. The number of halogens is 3. The molecule has 0 aliphatic rings. The normalized spacial score (nSPS) is 10.9. The molecule has 1 N–H and O–H groups in total. The Balaban J connectivity index is 2.36. The zero-order chi connectivity index (χ0) is 17.7. The maximum absolute atomic E-state index is 13.8. The molecule has 0 spiro atoms. The maximum atomic E-state index is 13.8. The number of carbonyl (C=O) groups excluding carboxylic acids is 1. The molecule has 0 aliphatic carbocycles. The van der Waals surface area contributed by atoms with Crippen molar-refractivity contribution in [1.29, 1.82) is 5.26 Å². The van der Waals surface area contributed by atoms with Crippen molar-refractivity contribution in [1.82, 2.24) is 0 Å². The van der Waals surface area contributed by atoms with Crippen LogP contribution in [0.15, 0.2) is 42.0 Å². The van der Waals surface area contributed by atoms with Crippen LogP contribution in [0.3, 0.4) is 0 Å². The minimum atomic E-state index is -0.739. The number of nitrogens with one attached hydrogen (secondary N) is 1. The average Bonchev–Trinajstić information content (AvgIpc) is 2.55. The van der Waals surface area contributed by atoms with Crippen LogP contribution in [-0.2, 0) is 4.79 Å². The van der Waals surface area contributed by atoms with Gasteiger partial charge in [0.25, 0.3) is 5.91 Å². The van der Waals surface area contributed by atoms with Crippen molar-refractivity contribution in [3.8, 4) is 11.8 Å². The van der Waals surface area contributed by atoms with E-state index < -0.39 is 11.7 Å². The summed E-state index contributed by atoms with van der Waals surface area (Å²) in [6.07, 6.45) is 1.09. The fourth-order valence-electron chi connectivity index (χ4n) is 1.91. The number of benzene rings is 2. The van der Waals surface area contributed by atoms with Crippen molar-refractivity contribution in [2.24, 2.45) is 0 Å². The molecule has 0 atom stereocenters. The number of anilines is 1. The van der Waals surface area contributed by atoms with Crippen LogP contribution < -0.4 is 10.1 Å². The lowest BCUT2D eigenvalue weighted by Crippen LogP contribution is -2.14. The zero-order valence-corrected chi connectivity index (χ0v) is 14.0. The topological polar surface area (TPSA) is 62.1 Å². The number of ether oxygens (including phenoxy) is 1. The van der Waals surface area contributed by atoms with Gasteiger partial charge in [0.2, 0.25) is 0 Å². The van der Waals surface area contributed by atoms with Crippen LogP contribution in [0.5, 0.6) is 5.75 Å². The van der Waals surface area contributed by atoms with E-state index in [1.165, 1.54) is 31.4 Å². The van der Waals surface area contributed by atoms with E-state index in [9.17, 15) is 14.4 Å². The van der Waals surface area contributed by atoms with E-state index in [-0.39, 0.29) is 21.8 Å². The first kappa shape index (κ1) is 17.8. The molecule has 0 radical (unpaired) electrons. The monoisotopic (exact) mass is 364 g/mol. The molecule has 0 unspecified atom stereocenters. The van der Waals surface area contributed by atoms with Crippen LogP contribution in [0.25, 0.3) is 6.08 Å². The van der Waals surface area contributed by atoms with Crippen LogP contribution in [0.1, 0.15) is 5.56 Å². The largest absolute Gasteiger partial charge is 0.495 e. The van der Waals surface area contributed by atoms with Crippen LogP contribution >= 0.6 is 23.2 Å². The van der Waals surface area contributed by atoms with Crippen molar-refractivity contribution < 1.29 is 13.9 Å². The number of nitrogens with zero attached hydrogens (tertiary/aromatic N) is 1.